The largest absolute Gasteiger partial charge is 0.312 e. The van der Waals surface area contributed by atoms with Crippen molar-refractivity contribution in [2.24, 2.45) is 0 Å². The number of hydrogen-bond donors (Lipinski definition) is 0. The second-order valence-electron chi connectivity index (χ2n) is 5.82. The summed E-state index contributed by atoms with van der Waals surface area (Å²) in [5, 5.41) is 0. The molecule has 1 saturated heterocycles. The molecule has 1 amide bonds. The van der Waals surface area contributed by atoms with Gasteiger partial charge in [0.05, 0.1) is 4.90 Å². The van der Waals surface area contributed by atoms with Crippen molar-refractivity contribution in [1.29, 1.82) is 0 Å². The number of hydrogen-bond acceptors (Lipinski definition) is 3. The Morgan fingerprint density at radius 1 is 1.29 bits per heavy atom. The predicted molar refractivity (Wildman–Crippen MR) is 80.8 cm³/mol. The van der Waals surface area contributed by atoms with E-state index in [1.807, 2.05) is 6.92 Å². The number of benzene rings is 1. The summed E-state index contributed by atoms with van der Waals surface area (Å²) in [4.78, 5) is 13.6. The van der Waals surface area contributed by atoms with Crippen molar-refractivity contribution < 1.29 is 13.2 Å². The van der Waals surface area contributed by atoms with Gasteiger partial charge in [0.25, 0.3) is 0 Å². The summed E-state index contributed by atoms with van der Waals surface area (Å²) in [6.45, 7) is 4.72. The van der Waals surface area contributed by atoms with Gasteiger partial charge in [-0.1, -0.05) is 0 Å². The van der Waals surface area contributed by atoms with Crippen LogP contribution in [-0.2, 0) is 21.2 Å². The van der Waals surface area contributed by atoms with Crippen LogP contribution in [0.25, 0.3) is 0 Å². The summed E-state index contributed by atoms with van der Waals surface area (Å²) in [6.07, 6.45) is 2.56. The van der Waals surface area contributed by atoms with Crippen LogP contribution in [0.2, 0.25) is 0 Å². The third kappa shape index (κ3) is 2.36. The van der Waals surface area contributed by atoms with Crippen molar-refractivity contribution in [1.82, 2.24) is 4.31 Å². The summed E-state index contributed by atoms with van der Waals surface area (Å²) in [5.41, 5.74) is 1.79. The fraction of sp³-hybridized carbons (Fsp3) is 0.533. The van der Waals surface area contributed by atoms with Crippen molar-refractivity contribution in [2.45, 2.75) is 44.0 Å². The van der Waals surface area contributed by atoms with Gasteiger partial charge in [-0.05, 0) is 49.9 Å². The molecular formula is C15H20N2O3S. The van der Waals surface area contributed by atoms with Crippen LogP contribution in [0, 0.1) is 0 Å². The average Bonchev–Trinajstić information content (AvgIpc) is 3.03. The smallest absolute Gasteiger partial charge is 0.243 e. The lowest BCUT2D eigenvalue weighted by atomic mass is 10.2. The highest BCUT2D eigenvalue weighted by Crippen LogP contribution is 2.32. The molecule has 2 aliphatic heterocycles. The molecule has 1 aromatic rings. The molecule has 1 fully saturated rings. The van der Waals surface area contributed by atoms with E-state index < -0.39 is 10.0 Å². The lowest BCUT2D eigenvalue weighted by Gasteiger charge is -2.21. The van der Waals surface area contributed by atoms with Gasteiger partial charge in [0.15, 0.2) is 0 Å². The minimum Gasteiger partial charge on any atom is -0.312 e. The maximum Gasteiger partial charge on any atom is 0.243 e. The fourth-order valence-electron chi connectivity index (χ4n) is 3.27. The third-order valence-corrected chi connectivity index (χ3v) is 6.43. The van der Waals surface area contributed by atoms with E-state index in [4.69, 9.17) is 0 Å². The zero-order valence-electron chi connectivity index (χ0n) is 12.4. The molecule has 0 radical (unpaired) electrons. The number of carbonyl (C=O) groups excluding carboxylic acids is 1. The lowest BCUT2D eigenvalue weighted by molar-refractivity contribution is -0.116. The van der Waals surface area contributed by atoms with Crippen LogP contribution in [0.5, 0.6) is 0 Å². The van der Waals surface area contributed by atoms with Crippen molar-refractivity contribution in [2.75, 3.05) is 18.0 Å². The number of nitrogens with zero attached hydrogens (tertiary/aromatic N) is 2. The van der Waals surface area contributed by atoms with Crippen molar-refractivity contribution in [3.63, 3.8) is 0 Å². The summed E-state index contributed by atoms with van der Waals surface area (Å²) >= 11 is 0. The maximum atomic E-state index is 12.7. The second-order valence-corrected chi connectivity index (χ2v) is 7.71. The van der Waals surface area contributed by atoms with E-state index in [0.717, 1.165) is 24.1 Å². The van der Waals surface area contributed by atoms with Gasteiger partial charge in [0, 0.05) is 31.7 Å². The fourth-order valence-corrected chi connectivity index (χ4v) is 5.02. The minimum atomic E-state index is -3.42. The van der Waals surface area contributed by atoms with Crippen molar-refractivity contribution in [3.05, 3.63) is 23.8 Å². The quantitative estimate of drug-likeness (QED) is 0.836. The van der Waals surface area contributed by atoms with Gasteiger partial charge in [0.2, 0.25) is 15.9 Å². The van der Waals surface area contributed by atoms with E-state index in [0.29, 0.717) is 24.4 Å². The molecule has 1 aromatic carbocycles. The molecule has 6 heteroatoms. The Kier molecular flexibility index (Phi) is 3.53. The summed E-state index contributed by atoms with van der Waals surface area (Å²) in [5.74, 6) is -0.00229. The van der Waals surface area contributed by atoms with Gasteiger partial charge in [-0.3, -0.25) is 4.79 Å². The van der Waals surface area contributed by atoms with Crippen molar-refractivity contribution in [3.8, 4) is 0 Å². The monoisotopic (exact) mass is 308 g/mol. The van der Waals surface area contributed by atoms with Gasteiger partial charge in [0.1, 0.15) is 0 Å². The zero-order chi connectivity index (χ0) is 15.2. The third-order valence-electron chi connectivity index (χ3n) is 4.43. The highest BCUT2D eigenvalue weighted by atomic mass is 32.2. The Hall–Kier alpha value is -1.40. The first-order valence-electron chi connectivity index (χ1n) is 7.34. The van der Waals surface area contributed by atoms with Crippen LogP contribution < -0.4 is 4.90 Å². The molecule has 3 rings (SSSR count). The maximum absolute atomic E-state index is 12.7. The van der Waals surface area contributed by atoms with Gasteiger partial charge in [-0.25, -0.2) is 8.42 Å². The molecule has 1 atom stereocenters. The molecule has 2 heterocycles. The summed E-state index contributed by atoms with van der Waals surface area (Å²) < 4.78 is 27.0. The molecule has 0 bridgehead atoms. The number of carbonyl (C=O) groups is 1. The Balaban J connectivity index is 1.96. The zero-order valence-corrected chi connectivity index (χ0v) is 13.2. The van der Waals surface area contributed by atoms with Crippen LogP contribution in [-0.4, -0.2) is 37.8 Å². The minimum absolute atomic E-state index is 0.00229. The van der Waals surface area contributed by atoms with Crippen molar-refractivity contribution >= 4 is 21.6 Å². The molecule has 0 aliphatic carbocycles. The highest BCUT2D eigenvalue weighted by Gasteiger charge is 2.33. The lowest BCUT2D eigenvalue weighted by Crippen LogP contribution is -2.33. The van der Waals surface area contributed by atoms with Gasteiger partial charge >= 0.3 is 0 Å². The number of fused-ring (bicyclic) bond motifs is 1. The first-order valence-corrected chi connectivity index (χ1v) is 8.78. The van der Waals surface area contributed by atoms with E-state index >= 15 is 0 Å². The number of anilines is 1. The first-order chi connectivity index (χ1) is 9.91. The standard InChI is InChI=1S/C15H20N2O3S/c1-11-4-3-8-17(11)21(19,20)14-5-6-15-13(10-14)7-9-16(15)12(2)18/h5-6,10-11H,3-4,7-9H2,1-2H3. The molecule has 2 aliphatic rings. The molecule has 0 N–H and O–H groups in total. The van der Waals surface area contributed by atoms with Crippen LogP contribution in [0.3, 0.4) is 0 Å². The summed E-state index contributed by atoms with van der Waals surface area (Å²) in [6, 6.07) is 5.19. The molecule has 0 spiro atoms. The van der Waals surface area contributed by atoms with E-state index in [-0.39, 0.29) is 11.9 Å². The SMILES string of the molecule is CC(=O)N1CCc2cc(S(=O)(=O)N3CCCC3C)ccc21. The van der Waals surface area contributed by atoms with E-state index in [9.17, 15) is 13.2 Å². The number of sulfonamides is 1. The van der Waals surface area contributed by atoms with Crippen LogP contribution >= 0.6 is 0 Å². The molecule has 0 saturated carbocycles. The van der Waals surface area contributed by atoms with Crippen LogP contribution in [0.4, 0.5) is 5.69 Å². The van der Waals surface area contributed by atoms with Gasteiger partial charge in [-0.15, -0.1) is 0 Å². The molecule has 0 aromatic heterocycles. The van der Waals surface area contributed by atoms with Gasteiger partial charge < -0.3 is 4.90 Å². The Bertz CT molecular complexity index is 684. The Morgan fingerprint density at radius 3 is 2.67 bits per heavy atom. The molecule has 5 nitrogen and oxygen atoms in total. The highest BCUT2D eigenvalue weighted by molar-refractivity contribution is 7.89. The van der Waals surface area contributed by atoms with E-state index in [2.05, 4.69) is 0 Å². The molecule has 1 unspecified atom stereocenters. The van der Waals surface area contributed by atoms with Gasteiger partial charge in [-0.2, -0.15) is 4.31 Å². The van der Waals surface area contributed by atoms with Crippen LogP contribution in [0.1, 0.15) is 32.3 Å². The van der Waals surface area contributed by atoms with E-state index in [1.165, 1.54) is 6.92 Å². The molecule has 114 valence electrons. The second kappa shape index (κ2) is 5.10. The predicted octanol–water partition coefficient (Wildman–Crippen LogP) is 1.77. The Morgan fingerprint density at radius 2 is 2.05 bits per heavy atom. The summed E-state index contributed by atoms with van der Waals surface area (Å²) in [7, 11) is -3.42. The number of rotatable bonds is 2. The molecule has 21 heavy (non-hydrogen) atoms. The van der Waals surface area contributed by atoms with E-state index in [1.54, 1.807) is 27.4 Å². The molecular weight excluding hydrogens is 288 g/mol. The van der Waals surface area contributed by atoms with Crippen LogP contribution in [0.15, 0.2) is 23.1 Å². The topological polar surface area (TPSA) is 57.7 Å². The average molecular weight is 308 g/mol. The normalized spacial score (nSPS) is 22.6. The first kappa shape index (κ1) is 14.5. The number of amides is 1. The Labute approximate surface area is 125 Å².